The normalized spacial score (nSPS) is 19.0. The van der Waals surface area contributed by atoms with E-state index in [-0.39, 0.29) is 23.3 Å². The van der Waals surface area contributed by atoms with Crippen LogP contribution in [0.1, 0.15) is 28.8 Å². The number of ether oxygens (including phenoxy) is 2. The van der Waals surface area contributed by atoms with Crippen LogP contribution in [-0.2, 0) is 14.4 Å². The highest BCUT2D eigenvalue weighted by molar-refractivity contribution is 8.00. The van der Waals surface area contributed by atoms with E-state index in [0.29, 0.717) is 55.0 Å². The molecule has 3 aromatic carbocycles. The van der Waals surface area contributed by atoms with Crippen molar-refractivity contribution in [2.45, 2.75) is 30.0 Å². The number of H-pyrrole nitrogens is 1. The molecule has 3 amide bonds. The lowest BCUT2D eigenvalue weighted by atomic mass is 9.83. The number of aryl methyl sites for hydroxylation is 1. The summed E-state index contributed by atoms with van der Waals surface area (Å²) in [5.41, 5.74) is 2.67. The van der Waals surface area contributed by atoms with Crippen molar-refractivity contribution in [1.29, 1.82) is 0 Å². The number of aromatic nitrogens is 1. The molecule has 0 bridgehead atoms. The maximum atomic E-state index is 14.0. The SMILES string of the molecule is CCOc1cc([C@H]2c3sc(=O)[nH]c3SC3C(=O)N(c4ccc(C)cc4)C(=O)C32)ccc1OCC(=O)Nc1ccc(Cl)c(Cl)c1. The number of thiazole rings is 1. The van der Waals surface area contributed by atoms with Crippen LogP contribution in [0.3, 0.4) is 0 Å². The van der Waals surface area contributed by atoms with Gasteiger partial charge in [0.15, 0.2) is 18.1 Å². The van der Waals surface area contributed by atoms with Gasteiger partial charge >= 0.3 is 4.87 Å². The van der Waals surface area contributed by atoms with Crippen molar-refractivity contribution in [1.82, 2.24) is 4.98 Å². The van der Waals surface area contributed by atoms with E-state index in [1.54, 1.807) is 42.5 Å². The van der Waals surface area contributed by atoms with Crippen LogP contribution in [0.2, 0.25) is 10.0 Å². The zero-order valence-corrected chi connectivity index (χ0v) is 26.5. The van der Waals surface area contributed by atoms with Gasteiger partial charge in [0.25, 0.3) is 5.91 Å². The van der Waals surface area contributed by atoms with Gasteiger partial charge in [-0.05, 0) is 61.9 Å². The second kappa shape index (κ2) is 12.3. The molecule has 0 saturated carbocycles. The zero-order valence-electron chi connectivity index (χ0n) is 23.4. The number of amides is 3. The molecule has 1 saturated heterocycles. The van der Waals surface area contributed by atoms with Gasteiger partial charge in [-0.3, -0.25) is 19.2 Å². The third kappa shape index (κ3) is 5.72. The van der Waals surface area contributed by atoms with Gasteiger partial charge < -0.3 is 19.8 Å². The highest BCUT2D eigenvalue weighted by atomic mass is 35.5. The van der Waals surface area contributed by atoms with Crippen LogP contribution in [0.25, 0.3) is 0 Å². The molecule has 226 valence electrons. The van der Waals surface area contributed by atoms with E-state index < -0.39 is 23.0 Å². The van der Waals surface area contributed by atoms with Crippen LogP contribution in [0.15, 0.2) is 70.5 Å². The predicted octanol–water partition coefficient (Wildman–Crippen LogP) is 6.26. The van der Waals surface area contributed by atoms with Crippen molar-refractivity contribution >= 4 is 75.4 Å². The molecule has 2 unspecified atom stereocenters. The number of imide groups is 1. The van der Waals surface area contributed by atoms with E-state index >= 15 is 0 Å². The predicted molar refractivity (Wildman–Crippen MR) is 172 cm³/mol. The number of carbonyl (C=O) groups is 3. The fraction of sp³-hybridized carbons (Fsp3) is 0.226. The number of anilines is 2. The van der Waals surface area contributed by atoms with E-state index in [1.807, 2.05) is 26.0 Å². The van der Waals surface area contributed by atoms with Gasteiger partial charge in [-0.1, -0.05) is 70.1 Å². The summed E-state index contributed by atoms with van der Waals surface area (Å²) < 4.78 is 11.7. The minimum absolute atomic E-state index is 0.263. The Balaban J connectivity index is 1.30. The molecule has 2 aliphatic rings. The number of nitrogens with zero attached hydrogens (tertiary/aromatic N) is 1. The maximum Gasteiger partial charge on any atom is 0.305 e. The second-order valence-electron chi connectivity index (χ2n) is 10.2. The standard InChI is InChI=1S/C31H25Cl2N3O6S2/c1-3-41-22-12-16(6-11-21(22)42-14-23(37)34-17-7-10-19(32)20(33)13-17)24-25-27(43-28-26(24)44-31(40)35-28)30(39)36(29(25)38)18-8-4-15(2)5-9-18/h4-13,24-25,27H,3,14H2,1-2H3,(H,34,37)(H,35,40)/t24-,25?,27?/m1/s1. The maximum absolute atomic E-state index is 14.0. The molecular formula is C31H25Cl2N3O6S2. The van der Waals surface area contributed by atoms with Crippen LogP contribution in [0, 0.1) is 12.8 Å². The lowest BCUT2D eigenvalue weighted by Crippen LogP contribution is -2.32. The Hall–Kier alpha value is -3.77. The number of thioether (sulfide) groups is 1. The second-order valence-corrected chi connectivity index (χ2v) is 13.2. The molecule has 1 fully saturated rings. The molecule has 44 heavy (non-hydrogen) atoms. The van der Waals surface area contributed by atoms with Crippen molar-refractivity contribution in [2.24, 2.45) is 5.92 Å². The molecule has 4 aromatic rings. The van der Waals surface area contributed by atoms with Crippen molar-refractivity contribution in [3.05, 3.63) is 96.4 Å². The van der Waals surface area contributed by atoms with Crippen LogP contribution < -0.4 is 24.6 Å². The summed E-state index contributed by atoms with van der Waals surface area (Å²) in [6.07, 6.45) is 0. The van der Waals surface area contributed by atoms with E-state index in [0.717, 1.165) is 16.9 Å². The highest BCUT2D eigenvalue weighted by Crippen LogP contribution is 2.53. The first kappa shape index (κ1) is 30.3. The fourth-order valence-electron chi connectivity index (χ4n) is 5.34. The Bertz CT molecular complexity index is 1840. The Kier molecular flexibility index (Phi) is 8.47. The summed E-state index contributed by atoms with van der Waals surface area (Å²) in [5.74, 6) is -1.73. The van der Waals surface area contributed by atoms with Crippen molar-refractivity contribution < 1.29 is 23.9 Å². The quantitative estimate of drug-likeness (QED) is 0.213. The van der Waals surface area contributed by atoms with Crippen molar-refractivity contribution in [3.63, 3.8) is 0 Å². The Morgan fingerprint density at radius 3 is 2.45 bits per heavy atom. The Labute approximate surface area is 270 Å². The molecule has 6 rings (SSSR count). The summed E-state index contributed by atoms with van der Waals surface area (Å²) in [7, 11) is 0. The molecule has 0 aliphatic carbocycles. The average Bonchev–Trinajstić information content (AvgIpc) is 3.49. The first-order valence-corrected chi connectivity index (χ1v) is 16.1. The van der Waals surface area contributed by atoms with Gasteiger partial charge in [0, 0.05) is 16.5 Å². The molecule has 2 aliphatic heterocycles. The lowest BCUT2D eigenvalue weighted by molar-refractivity contribution is -0.122. The van der Waals surface area contributed by atoms with Crippen LogP contribution in [0.5, 0.6) is 11.5 Å². The first-order chi connectivity index (χ1) is 21.1. The van der Waals surface area contributed by atoms with Crippen molar-refractivity contribution in [2.75, 3.05) is 23.4 Å². The topological polar surface area (TPSA) is 118 Å². The third-order valence-corrected chi connectivity index (χ3v) is 10.4. The van der Waals surface area contributed by atoms with E-state index in [1.165, 1.54) is 22.7 Å². The number of aromatic amines is 1. The third-order valence-electron chi connectivity index (χ3n) is 7.30. The Morgan fingerprint density at radius 2 is 1.73 bits per heavy atom. The number of hydrogen-bond donors (Lipinski definition) is 2. The molecule has 3 heterocycles. The molecular weight excluding hydrogens is 645 g/mol. The first-order valence-electron chi connectivity index (χ1n) is 13.6. The number of benzene rings is 3. The Morgan fingerprint density at radius 1 is 0.955 bits per heavy atom. The van der Waals surface area contributed by atoms with Crippen molar-refractivity contribution in [3.8, 4) is 11.5 Å². The molecule has 1 aromatic heterocycles. The largest absolute Gasteiger partial charge is 0.490 e. The summed E-state index contributed by atoms with van der Waals surface area (Å²) in [6, 6.07) is 17.2. The smallest absolute Gasteiger partial charge is 0.305 e. The minimum atomic E-state index is -0.744. The number of hydrogen-bond acceptors (Lipinski definition) is 8. The summed E-state index contributed by atoms with van der Waals surface area (Å²) in [6.45, 7) is 3.74. The molecule has 3 atom stereocenters. The summed E-state index contributed by atoms with van der Waals surface area (Å²) in [4.78, 5) is 57.2. The van der Waals surface area contributed by atoms with Gasteiger partial charge in [0.1, 0.15) is 5.25 Å². The number of carbonyl (C=O) groups excluding carboxylic acids is 3. The van der Waals surface area contributed by atoms with Gasteiger partial charge in [-0.15, -0.1) is 0 Å². The van der Waals surface area contributed by atoms with Crippen LogP contribution in [-0.4, -0.2) is 41.2 Å². The minimum Gasteiger partial charge on any atom is -0.490 e. The van der Waals surface area contributed by atoms with E-state index in [2.05, 4.69) is 10.3 Å². The van der Waals surface area contributed by atoms with Gasteiger partial charge in [0.05, 0.1) is 33.3 Å². The van der Waals surface area contributed by atoms with E-state index in [9.17, 15) is 19.2 Å². The number of nitrogens with one attached hydrogen (secondary N) is 2. The zero-order chi connectivity index (χ0) is 31.1. The number of halogens is 2. The molecule has 2 N–H and O–H groups in total. The van der Waals surface area contributed by atoms with Gasteiger partial charge in [-0.2, -0.15) is 0 Å². The van der Waals surface area contributed by atoms with Gasteiger partial charge in [-0.25, -0.2) is 4.90 Å². The number of fused-ring (bicyclic) bond motifs is 2. The molecule has 0 spiro atoms. The highest BCUT2D eigenvalue weighted by Gasteiger charge is 2.56. The number of rotatable bonds is 8. The fourth-order valence-corrected chi connectivity index (χ4v) is 8.16. The summed E-state index contributed by atoms with van der Waals surface area (Å²) >= 11 is 14.2. The average molecular weight is 671 g/mol. The van der Waals surface area contributed by atoms with Gasteiger partial charge in [0.2, 0.25) is 11.8 Å². The molecule has 13 heteroatoms. The summed E-state index contributed by atoms with van der Waals surface area (Å²) in [5, 5.41) is 3.25. The van der Waals surface area contributed by atoms with E-state index in [4.69, 9.17) is 32.7 Å². The van der Waals surface area contributed by atoms with Crippen LogP contribution >= 0.6 is 46.3 Å². The molecule has 0 radical (unpaired) electrons. The molecule has 9 nitrogen and oxygen atoms in total. The lowest BCUT2D eigenvalue weighted by Gasteiger charge is -2.30. The monoisotopic (exact) mass is 669 g/mol. The van der Waals surface area contributed by atoms with Crippen LogP contribution in [0.4, 0.5) is 11.4 Å².